The van der Waals surface area contributed by atoms with Crippen molar-refractivity contribution in [3.8, 4) is 0 Å². The van der Waals surface area contributed by atoms with E-state index < -0.39 is 11.9 Å². The molecule has 0 aliphatic heterocycles. The topological polar surface area (TPSA) is 54.4 Å². The van der Waals surface area contributed by atoms with Crippen molar-refractivity contribution in [2.75, 3.05) is 0 Å². The van der Waals surface area contributed by atoms with Crippen LogP contribution in [-0.2, 0) is 11.2 Å². The summed E-state index contributed by atoms with van der Waals surface area (Å²) in [5.41, 5.74) is 1.88. The molecule has 28 heavy (non-hydrogen) atoms. The molecule has 0 aromatic heterocycles. The highest BCUT2D eigenvalue weighted by Gasteiger charge is 2.17. The van der Waals surface area contributed by atoms with Crippen LogP contribution in [0.3, 0.4) is 0 Å². The Bertz CT molecular complexity index is 547. The average molecular weight is 389 g/mol. The van der Waals surface area contributed by atoms with E-state index in [1.807, 2.05) is 24.3 Å². The molecule has 0 heterocycles. The molecule has 1 aromatic carbocycles. The standard InChI is InChI=1S/C25H40O3/c1-3-4-5-6-7-8-9-10-11-12-13-14-15-22-16-18-23(19-17-22)25(28)21(2)20-24(26)27/h16-19,21H,3-15,20H2,1-2H3,(H,26,27). The van der Waals surface area contributed by atoms with Crippen LogP contribution in [0.1, 0.15) is 113 Å². The van der Waals surface area contributed by atoms with Gasteiger partial charge in [0.2, 0.25) is 0 Å². The molecule has 0 saturated carbocycles. The van der Waals surface area contributed by atoms with Crippen molar-refractivity contribution < 1.29 is 14.7 Å². The summed E-state index contributed by atoms with van der Waals surface area (Å²) in [7, 11) is 0. The molecule has 0 aliphatic rings. The van der Waals surface area contributed by atoms with Crippen LogP contribution in [-0.4, -0.2) is 16.9 Å². The number of rotatable bonds is 17. The summed E-state index contributed by atoms with van der Waals surface area (Å²) in [6.45, 7) is 3.94. The molecule has 0 radical (unpaired) electrons. The molecule has 0 aliphatic carbocycles. The van der Waals surface area contributed by atoms with E-state index in [9.17, 15) is 9.59 Å². The largest absolute Gasteiger partial charge is 0.481 e. The van der Waals surface area contributed by atoms with E-state index in [1.54, 1.807) is 6.92 Å². The van der Waals surface area contributed by atoms with Crippen LogP contribution >= 0.6 is 0 Å². The minimum Gasteiger partial charge on any atom is -0.481 e. The Hall–Kier alpha value is -1.64. The van der Waals surface area contributed by atoms with Gasteiger partial charge in [-0.2, -0.15) is 0 Å². The highest BCUT2D eigenvalue weighted by Crippen LogP contribution is 2.16. The van der Waals surface area contributed by atoms with Gasteiger partial charge in [-0.1, -0.05) is 109 Å². The van der Waals surface area contributed by atoms with Gasteiger partial charge in [0.15, 0.2) is 5.78 Å². The molecule has 1 unspecified atom stereocenters. The molecule has 0 spiro atoms. The Morgan fingerprint density at radius 2 is 1.25 bits per heavy atom. The summed E-state index contributed by atoms with van der Waals surface area (Å²) in [5, 5.41) is 8.81. The Balaban J connectivity index is 2.08. The summed E-state index contributed by atoms with van der Waals surface area (Å²) < 4.78 is 0. The zero-order chi connectivity index (χ0) is 20.6. The monoisotopic (exact) mass is 388 g/mol. The number of unbranched alkanes of at least 4 members (excludes halogenated alkanes) is 11. The van der Waals surface area contributed by atoms with Gasteiger partial charge >= 0.3 is 5.97 Å². The molecule has 0 amide bonds. The third kappa shape index (κ3) is 11.3. The maximum absolute atomic E-state index is 12.2. The Morgan fingerprint density at radius 1 is 0.786 bits per heavy atom. The Kier molecular flexibility index (Phi) is 13.3. The maximum Gasteiger partial charge on any atom is 0.304 e. The van der Waals surface area contributed by atoms with Crippen molar-refractivity contribution in [3.05, 3.63) is 35.4 Å². The normalized spacial score (nSPS) is 12.1. The number of aliphatic carboxylic acids is 1. The van der Waals surface area contributed by atoms with E-state index in [1.165, 1.54) is 82.6 Å². The van der Waals surface area contributed by atoms with Gasteiger partial charge in [-0.05, 0) is 18.4 Å². The molecule has 3 nitrogen and oxygen atoms in total. The van der Waals surface area contributed by atoms with E-state index in [-0.39, 0.29) is 12.2 Å². The minimum absolute atomic E-state index is 0.0840. The van der Waals surface area contributed by atoms with Gasteiger partial charge < -0.3 is 5.11 Å². The van der Waals surface area contributed by atoms with Gasteiger partial charge in [0.05, 0.1) is 6.42 Å². The number of carboxylic acid groups (broad SMARTS) is 1. The van der Waals surface area contributed by atoms with Crippen molar-refractivity contribution in [3.63, 3.8) is 0 Å². The Morgan fingerprint density at radius 3 is 1.71 bits per heavy atom. The number of benzene rings is 1. The first-order chi connectivity index (χ1) is 13.5. The van der Waals surface area contributed by atoms with Crippen LogP contribution in [0, 0.1) is 5.92 Å². The molecular formula is C25H40O3. The van der Waals surface area contributed by atoms with Crippen LogP contribution in [0.25, 0.3) is 0 Å². The van der Waals surface area contributed by atoms with Crippen molar-refractivity contribution in [1.82, 2.24) is 0 Å². The quantitative estimate of drug-likeness (QED) is 0.226. The fourth-order valence-corrected chi connectivity index (χ4v) is 3.64. The number of aryl methyl sites for hydroxylation is 1. The number of carbonyl (C=O) groups excluding carboxylic acids is 1. The molecule has 1 aromatic rings. The molecule has 0 fully saturated rings. The predicted octanol–water partition coefficient (Wildman–Crippen LogP) is 7.22. The third-order valence-electron chi connectivity index (χ3n) is 5.49. The lowest BCUT2D eigenvalue weighted by Gasteiger charge is -2.08. The molecule has 0 saturated heterocycles. The zero-order valence-corrected chi connectivity index (χ0v) is 18.0. The summed E-state index contributed by atoms with van der Waals surface area (Å²) in [6, 6.07) is 7.71. The number of hydrogen-bond donors (Lipinski definition) is 1. The number of hydrogen-bond acceptors (Lipinski definition) is 2. The van der Waals surface area contributed by atoms with Gasteiger partial charge in [-0.15, -0.1) is 0 Å². The van der Waals surface area contributed by atoms with Gasteiger partial charge in [0.1, 0.15) is 0 Å². The van der Waals surface area contributed by atoms with Crippen molar-refractivity contribution >= 4 is 11.8 Å². The van der Waals surface area contributed by atoms with E-state index in [0.717, 1.165) is 6.42 Å². The molecule has 1 rings (SSSR count). The van der Waals surface area contributed by atoms with E-state index in [4.69, 9.17) is 5.11 Å². The van der Waals surface area contributed by atoms with Crippen LogP contribution in [0.4, 0.5) is 0 Å². The second kappa shape index (κ2) is 15.3. The van der Waals surface area contributed by atoms with Crippen LogP contribution in [0.5, 0.6) is 0 Å². The second-order valence-corrected chi connectivity index (χ2v) is 8.20. The summed E-state index contributed by atoms with van der Waals surface area (Å²) in [5.74, 6) is -1.48. The molecule has 1 N–H and O–H groups in total. The molecule has 1 atom stereocenters. The minimum atomic E-state index is -0.926. The SMILES string of the molecule is CCCCCCCCCCCCCCc1ccc(C(=O)C(C)CC(=O)O)cc1. The molecular weight excluding hydrogens is 348 g/mol. The van der Waals surface area contributed by atoms with E-state index >= 15 is 0 Å². The summed E-state index contributed by atoms with van der Waals surface area (Å²) in [6.07, 6.45) is 17.2. The van der Waals surface area contributed by atoms with Gasteiger partial charge in [-0.25, -0.2) is 0 Å². The van der Waals surface area contributed by atoms with Gasteiger partial charge in [-0.3, -0.25) is 9.59 Å². The Labute approximate surface area is 171 Å². The van der Waals surface area contributed by atoms with Gasteiger partial charge in [0.25, 0.3) is 0 Å². The fourth-order valence-electron chi connectivity index (χ4n) is 3.64. The van der Waals surface area contributed by atoms with Crippen molar-refractivity contribution in [2.24, 2.45) is 5.92 Å². The highest BCUT2D eigenvalue weighted by atomic mass is 16.4. The second-order valence-electron chi connectivity index (χ2n) is 8.20. The lowest BCUT2D eigenvalue weighted by atomic mass is 9.95. The summed E-state index contributed by atoms with van der Waals surface area (Å²) in [4.78, 5) is 22.9. The molecule has 0 bridgehead atoms. The zero-order valence-electron chi connectivity index (χ0n) is 18.0. The number of Topliss-reactive ketones (excluding diaryl/α,β-unsaturated/α-hetero) is 1. The fraction of sp³-hybridized carbons (Fsp3) is 0.680. The molecule has 158 valence electrons. The van der Waals surface area contributed by atoms with Crippen molar-refractivity contribution in [1.29, 1.82) is 0 Å². The highest BCUT2D eigenvalue weighted by molar-refractivity contribution is 5.99. The lowest BCUT2D eigenvalue weighted by molar-refractivity contribution is -0.137. The molecule has 3 heteroatoms. The van der Waals surface area contributed by atoms with E-state index in [2.05, 4.69) is 6.92 Å². The lowest BCUT2D eigenvalue weighted by Crippen LogP contribution is -2.15. The maximum atomic E-state index is 12.2. The van der Waals surface area contributed by atoms with Gasteiger partial charge in [0, 0.05) is 11.5 Å². The predicted molar refractivity (Wildman–Crippen MR) is 117 cm³/mol. The average Bonchev–Trinajstić information content (AvgIpc) is 2.68. The number of carboxylic acids is 1. The van der Waals surface area contributed by atoms with Crippen LogP contribution < -0.4 is 0 Å². The first-order valence-corrected chi connectivity index (χ1v) is 11.4. The number of ketones is 1. The first kappa shape index (κ1) is 24.4. The summed E-state index contributed by atoms with van der Waals surface area (Å²) >= 11 is 0. The van der Waals surface area contributed by atoms with Crippen molar-refractivity contribution in [2.45, 2.75) is 104 Å². The third-order valence-corrected chi connectivity index (χ3v) is 5.49. The van der Waals surface area contributed by atoms with E-state index in [0.29, 0.717) is 5.56 Å². The first-order valence-electron chi connectivity index (χ1n) is 11.4. The smallest absolute Gasteiger partial charge is 0.304 e. The number of carbonyl (C=O) groups is 2. The van der Waals surface area contributed by atoms with Crippen LogP contribution in [0.2, 0.25) is 0 Å². The van der Waals surface area contributed by atoms with Crippen LogP contribution in [0.15, 0.2) is 24.3 Å².